The van der Waals surface area contributed by atoms with Gasteiger partial charge in [0.05, 0.1) is 18.2 Å². The Balaban J connectivity index is 2.54. The van der Waals surface area contributed by atoms with E-state index in [4.69, 9.17) is 17.0 Å². The number of ether oxygens (including phenoxy) is 1. The number of hydrogen-bond donors (Lipinski definition) is 1. The van der Waals surface area contributed by atoms with Gasteiger partial charge in [-0.15, -0.1) is 0 Å². The highest BCUT2D eigenvalue weighted by molar-refractivity contribution is 7.71. The minimum absolute atomic E-state index is 0.204. The Kier molecular flexibility index (Phi) is 4.37. The molecule has 104 valence electrons. The van der Waals surface area contributed by atoms with E-state index in [1.807, 2.05) is 26.0 Å². The van der Waals surface area contributed by atoms with Crippen molar-refractivity contribution in [2.75, 3.05) is 13.2 Å². The number of aromatic amines is 1. The second-order valence-corrected chi connectivity index (χ2v) is 5.48. The zero-order chi connectivity index (χ0) is 14.0. The largest absolute Gasteiger partial charge is 0.380 e. The molecule has 0 fully saturated rings. The molecule has 0 aliphatic rings. The van der Waals surface area contributed by atoms with E-state index in [9.17, 15) is 0 Å². The van der Waals surface area contributed by atoms with Crippen LogP contribution in [0.25, 0.3) is 11.2 Å². The molecule has 0 saturated heterocycles. The molecule has 1 atom stereocenters. The van der Waals surface area contributed by atoms with Gasteiger partial charge in [0.25, 0.3) is 0 Å². The molecule has 0 aliphatic heterocycles. The molecule has 0 bridgehead atoms. The van der Waals surface area contributed by atoms with Crippen molar-refractivity contribution in [3.63, 3.8) is 0 Å². The Bertz CT molecular complexity index is 615. The van der Waals surface area contributed by atoms with Gasteiger partial charge in [0.2, 0.25) is 0 Å². The molecule has 0 saturated carbocycles. The van der Waals surface area contributed by atoms with Crippen molar-refractivity contribution in [3.8, 4) is 0 Å². The molecule has 0 amide bonds. The van der Waals surface area contributed by atoms with E-state index in [0.717, 1.165) is 16.9 Å². The van der Waals surface area contributed by atoms with Crippen LogP contribution < -0.4 is 0 Å². The zero-order valence-corrected chi connectivity index (χ0v) is 12.8. The predicted octanol–water partition coefficient (Wildman–Crippen LogP) is 3.64. The maximum Gasteiger partial charge on any atom is 0.179 e. The number of H-pyrrole nitrogens is 1. The molecule has 0 spiro atoms. The van der Waals surface area contributed by atoms with Gasteiger partial charge in [0, 0.05) is 12.3 Å². The van der Waals surface area contributed by atoms with E-state index in [0.29, 0.717) is 23.9 Å². The van der Waals surface area contributed by atoms with Gasteiger partial charge >= 0.3 is 0 Å². The molecule has 2 aromatic rings. The molecule has 0 aromatic carbocycles. The first kappa shape index (κ1) is 14.2. The van der Waals surface area contributed by atoms with Crippen molar-refractivity contribution in [2.45, 2.75) is 33.7 Å². The third-order valence-corrected chi connectivity index (χ3v) is 3.60. The Morgan fingerprint density at radius 3 is 2.79 bits per heavy atom. The summed E-state index contributed by atoms with van der Waals surface area (Å²) in [6.45, 7) is 9.73. The van der Waals surface area contributed by atoms with Crippen LogP contribution in [0.15, 0.2) is 12.1 Å². The summed E-state index contributed by atoms with van der Waals surface area (Å²) in [6, 6.07) is 4.22. The Hall–Kier alpha value is -1.20. The van der Waals surface area contributed by atoms with Crippen LogP contribution in [0.2, 0.25) is 0 Å². The topological polar surface area (TPSA) is 42.8 Å². The summed E-state index contributed by atoms with van der Waals surface area (Å²) in [4.78, 5) is 7.84. The lowest BCUT2D eigenvalue weighted by Crippen LogP contribution is -2.21. The smallest absolute Gasteiger partial charge is 0.179 e. The fourth-order valence-electron chi connectivity index (χ4n) is 2.21. The van der Waals surface area contributed by atoms with Crippen molar-refractivity contribution < 1.29 is 4.74 Å². The molecule has 0 aliphatic carbocycles. The van der Waals surface area contributed by atoms with Gasteiger partial charge < -0.3 is 9.72 Å². The van der Waals surface area contributed by atoms with Crippen LogP contribution in [0.1, 0.15) is 32.5 Å². The van der Waals surface area contributed by atoms with E-state index in [1.165, 1.54) is 0 Å². The molecule has 0 radical (unpaired) electrons. The van der Waals surface area contributed by atoms with Gasteiger partial charge in [-0.1, -0.05) is 13.8 Å². The number of hydrogen-bond acceptors (Lipinski definition) is 3. The Labute approximate surface area is 118 Å². The summed E-state index contributed by atoms with van der Waals surface area (Å²) in [5.74, 6) is 0.430. The number of pyridine rings is 1. The van der Waals surface area contributed by atoms with Crippen LogP contribution in [0.4, 0.5) is 0 Å². The standard InChI is InChI=1S/C14H21N3OS/c1-5-18-8-12(9(2)3)17-13-11(16-14(17)19)7-6-10(4)15-13/h6-7,9,12H,5,8H2,1-4H3,(H,16,19). The first-order valence-electron chi connectivity index (χ1n) is 6.70. The van der Waals surface area contributed by atoms with Gasteiger partial charge in [0.1, 0.15) is 0 Å². The molecule has 2 rings (SSSR count). The van der Waals surface area contributed by atoms with Crippen LogP contribution in [-0.2, 0) is 4.74 Å². The van der Waals surface area contributed by atoms with Crippen LogP contribution in [0.5, 0.6) is 0 Å². The number of aromatic nitrogens is 3. The Morgan fingerprint density at radius 2 is 2.16 bits per heavy atom. The molecular formula is C14H21N3OS. The monoisotopic (exact) mass is 279 g/mol. The van der Waals surface area contributed by atoms with Crippen LogP contribution >= 0.6 is 12.2 Å². The molecule has 1 unspecified atom stereocenters. The number of aryl methyl sites for hydroxylation is 1. The first-order chi connectivity index (χ1) is 9.04. The second-order valence-electron chi connectivity index (χ2n) is 5.09. The van der Waals surface area contributed by atoms with Crippen molar-refractivity contribution in [1.82, 2.24) is 14.5 Å². The molecule has 1 N–H and O–H groups in total. The highest BCUT2D eigenvalue weighted by atomic mass is 32.1. The van der Waals surface area contributed by atoms with Gasteiger partial charge in [-0.25, -0.2) is 4.98 Å². The third kappa shape index (κ3) is 2.87. The summed E-state index contributed by atoms with van der Waals surface area (Å²) in [6.07, 6.45) is 0. The lowest BCUT2D eigenvalue weighted by Gasteiger charge is -2.22. The van der Waals surface area contributed by atoms with Gasteiger partial charge in [-0.2, -0.15) is 0 Å². The minimum Gasteiger partial charge on any atom is -0.380 e. The summed E-state index contributed by atoms with van der Waals surface area (Å²) in [7, 11) is 0. The number of fused-ring (bicyclic) bond motifs is 1. The number of imidazole rings is 1. The van der Waals surface area contributed by atoms with E-state index in [1.54, 1.807) is 0 Å². The minimum atomic E-state index is 0.204. The average molecular weight is 279 g/mol. The highest BCUT2D eigenvalue weighted by Crippen LogP contribution is 2.24. The lowest BCUT2D eigenvalue weighted by molar-refractivity contribution is 0.0972. The van der Waals surface area contributed by atoms with Gasteiger partial charge in [0.15, 0.2) is 10.4 Å². The molecule has 2 heterocycles. The number of rotatable bonds is 5. The SMILES string of the molecule is CCOCC(C(C)C)n1c(=S)[nH]c2ccc(C)nc21. The number of nitrogens with one attached hydrogen (secondary N) is 1. The third-order valence-electron chi connectivity index (χ3n) is 3.30. The van der Waals surface area contributed by atoms with Crippen LogP contribution in [0, 0.1) is 17.6 Å². The second kappa shape index (κ2) is 5.84. The van der Waals surface area contributed by atoms with Crippen LogP contribution in [-0.4, -0.2) is 27.7 Å². The van der Waals surface area contributed by atoms with Crippen molar-refractivity contribution in [2.24, 2.45) is 5.92 Å². The summed E-state index contributed by atoms with van der Waals surface area (Å²) in [5, 5.41) is 0. The molecule has 5 heteroatoms. The van der Waals surface area contributed by atoms with Crippen molar-refractivity contribution in [1.29, 1.82) is 0 Å². The van der Waals surface area contributed by atoms with E-state index in [2.05, 4.69) is 28.4 Å². The van der Waals surface area contributed by atoms with E-state index in [-0.39, 0.29) is 6.04 Å². The summed E-state index contributed by atoms with van der Waals surface area (Å²) < 4.78 is 8.42. The van der Waals surface area contributed by atoms with Crippen LogP contribution in [0.3, 0.4) is 0 Å². The highest BCUT2D eigenvalue weighted by Gasteiger charge is 2.20. The molecule has 2 aromatic heterocycles. The summed E-state index contributed by atoms with van der Waals surface area (Å²) >= 11 is 5.45. The normalized spacial score (nSPS) is 13.3. The van der Waals surface area contributed by atoms with E-state index < -0.39 is 0 Å². The lowest BCUT2D eigenvalue weighted by atomic mass is 10.1. The fraction of sp³-hybridized carbons (Fsp3) is 0.571. The molecule has 19 heavy (non-hydrogen) atoms. The van der Waals surface area contributed by atoms with Crippen molar-refractivity contribution >= 4 is 23.4 Å². The van der Waals surface area contributed by atoms with Crippen molar-refractivity contribution in [3.05, 3.63) is 22.6 Å². The zero-order valence-electron chi connectivity index (χ0n) is 11.9. The van der Waals surface area contributed by atoms with Gasteiger partial charge in [-0.05, 0) is 44.1 Å². The quantitative estimate of drug-likeness (QED) is 0.850. The predicted molar refractivity (Wildman–Crippen MR) is 80.0 cm³/mol. The summed E-state index contributed by atoms with van der Waals surface area (Å²) in [5.41, 5.74) is 2.90. The average Bonchev–Trinajstić information content (AvgIpc) is 2.66. The number of nitrogens with zero attached hydrogens (tertiary/aromatic N) is 2. The Morgan fingerprint density at radius 1 is 1.42 bits per heavy atom. The van der Waals surface area contributed by atoms with Gasteiger partial charge in [-0.3, -0.25) is 4.57 Å². The maximum atomic E-state index is 5.61. The fourth-order valence-corrected chi connectivity index (χ4v) is 2.54. The maximum absolute atomic E-state index is 5.61. The molecular weight excluding hydrogens is 258 g/mol. The molecule has 4 nitrogen and oxygen atoms in total. The van der Waals surface area contributed by atoms with E-state index >= 15 is 0 Å². The first-order valence-corrected chi connectivity index (χ1v) is 7.11.